The number of aliphatic hydroxyl groups is 1. The van der Waals surface area contributed by atoms with Crippen molar-refractivity contribution >= 4 is 10.9 Å². The van der Waals surface area contributed by atoms with Crippen molar-refractivity contribution in [3.63, 3.8) is 0 Å². The van der Waals surface area contributed by atoms with Gasteiger partial charge >= 0.3 is 0 Å². The highest BCUT2D eigenvalue weighted by atomic mass is 16.5. The van der Waals surface area contributed by atoms with Gasteiger partial charge in [-0.3, -0.25) is 4.98 Å². The summed E-state index contributed by atoms with van der Waals surface area (Å²) < 4.78 is 6.15. The van der Waals surface area contributed by atoms with Crippen LogP contribution < -0.4 is 10.1 Å². The number of hydrogen-bond donors (Lipinski definition) is 2. The molecule has 4 rings (SSSR count). The number of fused-ring (bicyclic) bond motifs is 2. The van der Waals surface area contributed by atoms with Gasteiger partial charge in [0.25, 0.3) is 0 Å². The SMILES string of the molecule is Cc1ccc2cc3c(cc2n1)[C@@H](NCCc1ccccc1)[C@H](O)C(C)(C)O3. The van der Waals surface area contributed by atoms with E-state index in [9.17, 15) is 5.11 Å². The average Bonchev–Trinajstić information content (AvgIpc) is 2.64. The van der Waals surface area contributed by atoms with Crippen LogP contribution >= 0.6 is 0 Å². The van der Waals surface area contributed by atoms with E-state index in [-0.39, 0.29) is 6.04 Å². The Kier molecular flexibility index (Phi) is 4.62. The fourth-order valence-corrected chi connectivity index (χ4v) is 3.75. The first-order chi connectivity index (χ1) is 12.9. The van der Waals surface area contributed by atoms with Gasteiger partial charge in [-0.15, -0.1) is 0 Å². The molecule has 0 saturated carbocycles. The maximum absolute atomic E-state index is 11.0. The molecule has 0 unspecified atom stereocenters. The molecule has 4 heteroatoms. The highest BCUT2D eigenvalue weighted by Gasteiger charge is 2.42. The molecular formula is C23H26N2O2. The van der Waals surface area contributed by atoms with E-state index < -0.39 is 11.7 Å². The van der Waals surface area contributed by atoms with Gasteiger partial charge in [-0.2, -0.15) is 0 Å². The molecule has 0 bridgehead atoms. The van der Waals surface area contributed by atoms with E-state index in [0.29, 0.717) is 0 Å². The molecule has 2 aromatic carbocycles. The van der Waals surface area contributed by atoms with Crippen molar-refractivity contribution in [3.05, 3.63) is 71.4 Å². The molecule has 2 N–H and O–H groups in total. The second-order valence-corrected chi connectivity index (χ2v) is 7.85. The van der Waals surface area contributed by atoms with Crippen molar-refractivity contribution in [3.8, 4) is 5.75 Å². The van der Waals surface area contributed by atoms with Crippen LogP contribution in [0, 0.1) is 6.92 Å². The Morgan fingerprint density at radius 3 is 2.67 bits per heavy atom. The summed E-state index contributed by atoms with van der Waals surface area (Å²) in [6.45, 7) is 6.64. The highest BCUT2D eigenvalue weighted by molar-refractivity contribution is 5.82. The Morgan fingerprint density at radius 2 is 1.89 bits per heavy atom. The van der Waals surface area contributed by atoms with E-state index in [1.165, 1.54) is 5.56 Å². The van der Waals surface area contributed by atoms with Gasteiger partial charge in [0.05, 0.1) is 11.6 Å². The molecule has 1 aliphatic rings. The summed E-state index contributed by atoms with van der Waals surface area (Å²) >= 11 is 0. The number of nitrogens with one attached hydrogen (secondary N) is 1. The van der Waals surface area contributed by atoms with Crippen LogP contribution in [0.2, 0.25) is 0 Å². The summed E-state index contributed by atoms with van der Waals surface area (Å²) in [6.07, 6.45) is 0.258. The molecule has 0 fully saturated rings. The van der Waals surface area contributed by atoms with Crippen molar-refractivity contribution in [2.24, 2.45) is 0 Å². The van der Waals surface area contributed by atoms with Crippen LogP contribution in [-0.4, -0.2) is 28.3 Å². The maximum atomic E-state index is 11.0. The molecule has 0 radical (unpaired) electrons. The number of rotatable bonds is 4. The monoisotopic (exact) mass is 362 g/mol. The Balaban J connectivity index is 1.65. The lowest BCUT2D eigenvalue weighted by Gasteiger charge is -2.42. The minimum Gasteiger partial charge on any atom is -0.485 e. The van der Waals surface area contributed by atoms with Crippen molar-refractivity contribution < 1.29 is 9.84 Å². The van der Waals surface area contributed by atoms with Crippen LogP contribution in [0.3, 0.4) is 0 Å². The van der Waals surface area contributed by atoms with Gasteiger partial charge in [0.2, 0.25) is 0 Å². The zero-order chi connectivity index (χ0) is 19.0. The molecule has 1 aromatic heterocycles. The van der Waals surface area contributed by atoms with E-state index >= 15 is 0 Å². The van der Waals surface area contributed by atoms with E-state index in [4.69, 9.17) is 4.74 Å². The van der Waals surface area contributed by atoms with E-state index in [1.807, 2.05) is 39.0 Å². The number of aromatic nitrogens is 1. The molecule has 0 saturated heterocycles. The summed E-state index contributed by atoms with van der Waals surface area (Å²) in [5.41, 5.74) is 3.50. The van der Waals surface area contributed by atoms with Crippen molar-refractivity contribution in [2.75, 3.05) is 6.54 Å². The summed E-state index contributed by atoms with van der Waals surface area (Å²) in [6, 6.07) is 18.4. The number of aryl methyl sites for hydroxylation is 1. The van der Waals surface area contributed by atoms with E-state index in [0.717, 1.165) is 40.9 Å². The Bertz CT molecular complexity index is 953. The number of hydrogen-bond acceptors (Lipinski definition) is 4. The zero-order valence-corrected chi connectivity index (χ0v) is 16.1. The first kappa shape index (κ1) is 18.0. The van der Waals surface area contributed by atoms with Crippen molar-refractivity contribution in [1.29, 1.82) is 0 Å². The van der Waals surface area contributed by atoms with Gasteiger partial charge in [0.15, 0.2) is 0 Å². The van der Waals surface area contributed by atoms with Gasteiger partial charge in [-0.1, -0.05) is 36.4 Å². The lowest BCUT2D eigenvalue weighted by molar-refractivity contribution is -0.0642. The standard InChI is InChI=1S/C23H26N2O2/c1-15-9-10-17-13-20-18(14-19(17)25-15)21(22(26)23(2,3)27-20)24-12-11-16-7-5-4-6-8-16/h4-10,13-14,21-22,24,26H,11-12H2,1-3H3/t21-,22+/m1/s1. The van der Waals surface area contributed by atoms with Crippen LogP contribution in [0.25, 0.3) is 10.9 Å². The molecule has 0 aliphatic carbocycles. The van der Waals surface area contributed by atoms with Crippen LogP contribution in [0.5, 0.6) is 5.75 Å². The number of pyridine rings is 1. The molecular weight excluding hydrogens is 336 g/mol. The fourth-order valence-electron chi connectivity index (χ4n) is 3.75. The zero-order valence-electron chi connectivity index (χ0n) is 16.1. The molecule has 1 aliphatic heterocycles. The summed E-state index contributed by atoms with van der Waals surface area (Å²) in [5.74, 6) is 0.820. The summed E-state index contributed by atoms with van der Waals surface area (Å²) in [5, 5.41) is 15.6. The molecule has 0 amide bonds. The summed E-state index contributed by atoms with van der Waals surface area (Å²) in [4.78, 5) is 4.64. The van der Waals surface area contributed by atoms with Gasteiger partial charge < -0.3 is 15.2 Å². The number of aliphatic hydroxyl groups excluding tert-OH is 1. The third kappa shape index (κ3) is 3.55. The van der Waals surface area contributed by atoms with E-state index in [2.05, 4.69) is 46.7 Å². The van der Waals surface area contributed by atoms with Gasteiger partial charge in [-0.25, -0.2) is 0 Å². The fraction of sp³-hybridized carbons (Fsp3) is 0.348. The first-order valence-electron chi connectivity index (χ1n) is 9.50. The normalized spacial score (nSPS) is 20.9. The van der Waals surface area contributed by atoms with Crippen LogP contribution in [0.15, 0.2) is 54.6 Å². The summed E-state index contributed by atoms with van der Waals surface area (Å²) in [7, 11) is 0. The topological polar surface area (TPSA) is 54.4 Å². The third-order valence-electron chi connectivity index (χ3n) is 5.32. The molecule has 0 spiro atoms. The number of benzene rings is 2. The Morgan fingerprint density at radius 1 is 1.11 bits per heavy atom. The van der Waals surface area contributed by atoms with Crippen molar-refractivity contribution in [2.45, 2.75) is 44.9 Å². The van der Waals surface area contributed by atoms with E-state index in [1.54, 1.807) is 0 Å². The predicted octanol–water partition coefficient (Wildman–Crippen LogP) is 3.95. The smallest absolute Gasteiger partial charge is 0.131 e. The Hall–Kier alpha value is -2.43. The molecule has 4 nitrogen and oxygen atoms in total. The molecule has 140 valence electrons. The number of nitrogens with zero attached hydrogens (tertiary/aromatic N) is 1. The molecule has 2 atom stereocenters. The second-order valence-electron chi connectivity index (χ2n) is 7.85. The second kappa shape index (κ2) is 6.95. The minimum atomic E-state index is -0.663. The van der Waals surface area contributed by atoms with Crippen molar-refractivity contribution in [1.82, 2.24) is 10.3 Å². The molecule has 2 heterocycles. The minimum absolute atomic E-state index is 0.195. The third-order valence-corrected chi connectivity index (χ3v) is 5.32. The van der Waals surface area contributed by atoms with Gasteiger partial charge in [0, 0.05) is 16.6 Å². The highest BCUT2D eigenvalue weighted by Crippen LogP contribution is 2.41. The average molecular weight is 362 g/mol. The van der Waals surface area contributed by atoms with Crippen LogP contribution in [-0.2, 0) is 6.42 Å². The molecule has 27 heavy (non-hydrogen) atoms. The largest absolute Gasteiger partial charge is 0.485 e. The quantitative estimate of drug-likeness (QED) is 0.738. The van der Waals surface area contributed by atoms with Crippen LogP contribution in [0.1, 0.15) is 36.7 Å². The lowest BCUT2D eigenvalue weighted by atomic mass is 9.86. The first-order valence-corrected chi connectivity index (χ1v) is 9.50. The van der Waals surface area contributed by atoms with Gasteiger partial charge in [0.1, 0.15) is 17.5 Å². The lowest BCUT2D eigenvalue weighted by Crippen LogP contribution is -2.52. The Labute approximate surface area is 160 Å². The van der Waals surface area contributed by atoms with Gasteiger partial charge in [-0.05, 0) is 57.5 Å². The maximum Gasteiger partial charge on any atom is 0.131 e. The number of ether oxygens (including phenoxy) is 1. The predicted molar refractivity (Wildman–Crippen MR) is 108 cm³/mol. The molecule has 3 aromatic rings. The van der Waals surface area contributed by atoms with Crippen LogP contribution in [0.4, 0.5) is 0 Å².